The van der Waals surface area contributed by atoms with Crippen molar-refractivity contribution in [2.24, 2.45) is 5.92 Å². The van der Waals surface area contributed by atoms with Crippen LogP contribution in [0.25, 0.3) is 0 Å². The van der Waals surface area contributed by atoms with Crippen molar-refractivity contribution in [3.05, 3.63) is 71.3 Å². The molecule has 0 aliphatic rings. The lowest BCUT2D eigenvalue weighted by Crippen LogP contribution is -2.10. The average molecular weight is 356 g/mol. The van der Waals surface area contributed by atoms with Gasteiger partial charge in [-0.05, 0) is 34.8 Å². The maximum Gasteiger partial charge on any atom is 0.328 e. The van der Waals surface area contributed by atoms with Crippen LogP contribution < -0.4 is 9.47 Å². The molecule has 0 saturated carbocycles. The van der Waals surface area contributed by atoms with Crippen LogP contribution in [0.1, 0.15) is 31.1 Å². The van der Waals surface area contributed by atoms with Crippen LogP contribution in [0.4, 0.5) is 0 Å². The number of rotatable bonds is 8. The summed E-state index contributed by atoms with van der Waals surface area (Å²) in [4.78, 5) is 11.0. The fraction of sp³-hybridized carbons (Fsp3) is 0.286. The summed E-state index contributed by atoms with van der Waals surface area (Å²) in [6.45, 7) is 4.04. The molecule has 0 aliphatic heterocycles. The second kappa shape index (κ2) is 9.06. The third-order valence-electron chi connectivity index (χ3n) is 4.01. The molecule has 2 aromatic rings. The zero-order valence-corrected chi connectivity index (χ0v) is 15.2. The molecule has 1 unspecified atom stereocenters. The van der Waals surface area contributed by atoms with E-state index >= 15 is 0 Å². The van der Waals surface area contributed by atoms with Gasteiger partial charge in [0, 0.05) is 6.08 Å². The molecule has 0 bridgehead atoms. The van der Waals surface area contributed by atoms with Gasteiger partial charge in [-0.25, -0.2) is 4.79 Å². The first kappa shape index (κ1) is 19.5. The van der Waals surface area contributed by atoms with Crippen LogP contribution in [0.2, 0.25) is 0 Å². The summed E-state index contributed by atoms with van der Waals surface area (Å²) in [7, 11) is 1.55. The smallest absolute Gasteiger partial charge is 0.328 e. The number of aliphatic hydroxyl groups excluding tert-OH is 1. The molecule has 0 saturated heterocycles. The second-order valence-electron chi connectivity index (χ2n) is 6.22. The maximum atomic E-state index is 11.0. The number of aliphatic hydroxyl groups is 1. The lowest BCUT2D eigenvalue weighted by atomic mass is 9.92. The molecule has 0 spiro atoms. The van der Waals surface area contributed by atoms with E-state index in [1.807, 2.05) is 44.2 Å². The minimum atomic E-state index is -1.08. The van der Waals surface area contributed by atoms with Crippen molar-refractivity contribution in [2.75, 3.05) is 7.11 Å². The van der Waals surface area contributed by atoms with E-state index in [4.69, 9.17) is 14.6 Å². The van der Waals surface area contributed by atoms with Crippen molar-refractivity contribution in [2.45, 2.75) is 26.6 Å². The maximum absolute atomic E-state index is 11.0. The summed E-state index contributed by atoms with van der Waals surface area (Å²) in [5, 5.41) is 19.7. The van der Waals surface area contributed by atoms with Crippen molar-refractivity contribution in [3.8, 4) is 11.5 Å². The fourth-order valence-corrected chi connectivity index (χ4v) is 2.61. The van der Waals surface area contributed by atoms with E-state index in [-0.39, 0.29) is 5.92 Å². The Bertz CT molecular complexity index is 765. The predicted molar refractivity (Wildman–Crippen MR) is 99.3 cm³/mol. The Hall–Kier alpha value is -2.79. The van der Waals surface area contributed by atoms with Crippen LogP contribution in [0.15, 0.2) is 60.2 Å². The topological polar surface area (TPSA) is 76.0 Å². The minimum absolute atomic E-state index is 0.114. The molecular formula is C21H24O5. The van der Waals surface area contributed by atoms with Crippen molar-refractivity contribution in [1.29, 1.82) is 0 Å². The third-order valence-corrected chi connectivity index (χ3v) is 4.01. The standard InChI is InChI=1S/C21H24O5/c1-14(2)17(12-20(22)23)21(24)16-9-10-18(25-3)19(11-16)26-13-15-7-5-4-6-8-15/h4-12,14,21,24H,13H2,1-3H3,(H,22,23)/b17-12-. The van der Waals surface area contributed by atoms with Crippen molar-refractivity contribution in [1.82, 2.24) is 0 Å². The van der Waals surface area contributed by atoms with Gasteiger partial charge in [-0.2, -0.15) is 0 Å². The highest BCUT2D eigenvalue weighted by molar-refractivity contribution is 5.81. The first-order valence-electron chi connectivity index (χ1n) is 8.39. The number of aliphatic carboxylic acids is 1. The minimum Gasteiger partial charge on any atom is -0.493 e. The molecule has 1 atom stereocenters. The summed E-state index contributed by atoms with van der Waals surface area (Å²) in [5.41, 5.74) is 1.99. The Morgan fingerprint density at radius 1 is 1.12 bits per heavy atom. The number of carboxylic acids is 1. The van der Waals surface area contributed by atoms with E-state index in [1.54, 1.807) is 25.3 Å². The molecule has 0 amide bonds. The number of methoxy groups -OCH3 is 1. The molecule has 138 valence electrons. The largest absolute Gasteiger partial charge is 0.493 e. The molecule has 0 fully saturated rings. The number of hydrogen-bond donors (Lipinski definition) is 2. The van der Waals surface area contributed by atoms with Crippen LogP contribution in [-0.2, 0) is 11.4 Å². The van der Waals surface area contributed by atoms with Gasteiger partial charge in [0.1, 0.15) is 12.7 Å². The lowest BCUT2D eigenvalue weighted by Gasteiger charge is -2.20. The van der Waals surface area contributed by atoms with Gasteiger partial charge in [0.2, 0.25) is 0 Å². The molecular weight excluding hydrogens is 332 g/mol. The Labute approximate surface area is 153 Å². The van der Waals surface area contributed by atoms with Crippen LogP contribution >= 0.6 is 0 Å². The molecule has 5 heteroatoms. The Kier molecular flexibility index (Phi) is 6.81. The van der Waals surface area contributed by atoms with E-state index < -0.39 is 12.1 Å². The first-order chi connectivity index (χ1) is 12.4. The number of carbonyl (C=O) groups is 1. The van der Waals surface area contributed by atoms with Crippen LogP contribution in [0.3, 0.4) is 0 Å². The van der Waals surface area contributed by atoms with Crippen molar-refractivity contribution < 1.29 is 24.5 Å². The zero-order chi connectivity index (χ0) is 19.1. The van der Waals surface area contributed by atoms with Gasteiger partial charge in [0.15, 0.2) is 11.5 Å². The van der Waals surface area contributed by atoms with Gasteiger partial charge < -0.3 is 19.7 Å². The van der Waals surface area contributed by atoms with E-state index in [1.165, 1.54) is 0 Å². The van der Waals surface area contributed by atoms with E-state index in [0.29, 0.717) is 29.2 Å². The molecule has 0 aliphatic carbocycles. The van der Waals surface area contributed by atoms with E-state index in [0.717, 1.165) is 11.6 Å². The van der Waals surface area contributed by atoms with Gasteiger partial charge >= 0.3 is 5.97 Å². The molecule has 5 nitrogen and oxygen atoms in total. The van der Waals surface area contributed by atoms with Gasteiger partial charge in [-0.15, -0.1) is 0 Å². The SMILES string of the molecule is COc1ccc(C(O)/C(=C\C(=O)O)C(C)C)cc1OCc1ccccc1. The van der Waals surface area contributed by atoms with Crippen LogP contribution in [0.5, 0.6) is 11.5 Å². The summed E-state index contributed by atoms with van der Waals surface area (Å²) in [6.07, 6.45) is 0.0282. The van der Waals surface area contributed by atoms with Crippen molar-refractivity contribution >= 4 is 5.97 Å². The van der Waals surface area contributed by atoms with Gasteiger partial charge in [0.05, 0.1) is 7.11 Å². The fourth-order valence-electron chi connectivity index (χ4n) is 2.61. The summed E-state index contributed by atoms with van der Waals surface area (Å²) in [5.74, 6) is -0.157. The molecule has 2 rings (SSSR count). The first-order valence-corrected chi connectivity index (χ1v) is 8.39. The summed E-state index contributed by atoms with van der Waals surface area (Å²) >= 11 is 0. The Balaban J connectivity index is 2.28. The summed E-state index contributed by atoms with van der Waals surface area (Å²) in [6, 6.07) is 14.8. The average Bonchev–Trinajstić information content (AvgIpc) is 2.64. The van der Waals surface area contributed by atoms with Gasteiger partial charge in [0.25, 0.3) is 0 Å². The molecule has 0 heterocycles. The van der Waals surface area contributed by atoms with Gasteiger partial charge in [-0.1, -0.05) is 50.2 Å². The van der Waals surface area contributed by atoms with E-state index in [2.05, 4.69) is 0 Å². The number of benzene rings is 2. The monoisotopic (exact) mass is 356 g/mol. The highest BCUT2D eigenvalue weighted by Gasteiger charge is 2.20. The van der Waals surface area contributed by atoms with E-state index in [9.17, 15) is 9.90 Å². The number of hydrogen-bond acceptors (Lipinski definition) is 4. The quantitative estimate of drug-likeness (QED) is 0.700. The Morgan fingerprint density at radius 3 is 2.38 bits per heavy atom. The van der Waals surface area contributed by atoms with Crippen LogP contribution in [-0.4, -0.2) is 23.3 Å². The summed E-state index contributed by atoms with van der Waals surface area (Å²) < 4.78 is 11.2. The third kappa shape index (κ3) is 5.10. The zero-order valence-electron chi connectivity index (χ0n) is 15.2. The predicted octanol–water partition coefficient (Wildman–Crippen LogP) is 3.97. The number of carboxylic acid groups (broad SMARTS) is 1. The Morgan fingerprint density at radius 2 is 1.81 bits per heavy atom. The highest BCUT2D eigenvalue weighted by atomic mass is 16.5. The number of ether oxygens (including phenoxy) is 2. The second-order valence-corrected chi connectivity index (χ2v) is 6.22. The van der Waals surface area contributed by atoms with Gasteiger partial charge in [-0.3, -0.25) is 0 Å². The molecule has 2 aromatic carbocycles. The lowest BCUT2D eigenvalue weighted by molar-refractivity contribution is -0.131. The molecule has 0 aromatic heterocycles. The highest BCUT2D eigenvalue weighted by Crippen LogP contribution is 2.34. The molecule has 0 radical (unpaired) electrons. The van der Waals surface area contributed by atoms with Crippen molar-refractivity contribution in [3.63, 3.8) is 0 Å². The van der Waals surface area contributed by atoms with Crippen LogP contribution in [0, 0.1) is 5.92 Å². The normalized spacial score (nSPS) is 12.7. The molecule has 26 heavy (non-hydrogen) atoms. The molecule has 2 N–H and O–H groups in total.